The number of carbonyl (C=O) groups is 1. The van der Waals surface area contributed by atoms with Gasteiger partial charge in [-0.05, 0) is 11.1 Å². The molecule has 0 aliphatic carbocycles. The summed E-state index contributed by atoms with van der Waals surface area (Å²) in [5.74, 6) is -0.648. The number of aliphatic hydroxyl groups excluding tert-OH is 1. The smallest absolute Gasteiger partial charge is 0.335 e. The van der Waals surface area contributed by atoms with Gasteiger partial charge in [0.2, 0.25) is 0 Å². The highest BCUT2D eigenvalue weighted by Gasteiger charge is 2.20. The Labute approximate surface area is 124 Å². The number of hydrogen-bond donors (Lipinski definition) is 2. The maximum Gasteiger partial charge on any atom is 0.335 e. The highest BCUT2D eigenvalue weighted by molar-refractivity contribution is 5.74. The molecule has 4 heteroatoms. The first-order valence-electron chi connectivity index (χ1n) is 6.86. The Balaban J connectivity index is 1.82. The average Bonchev–Trinajstić information content (AvgIpc) is 2.54. The monoisotopic (exact) mass is 285 g/mol. The predicted octanol–water partition coefficient (Wildman–Crippen LogP) is 2.18. The predicted molar refractivity (Wildman–Crippen MR) is 80.2 cm³/mol. The zero-order valence-corrected chi connectivity index (χ0v) is 11.7. The molecule has 0 aliphatic rings. The number of hydrogen-bond acceptors (Lipinski definition) is 4. The van der Waals surface area contributed by atoms with Crippen LogP contribution in [0.3, 0.4) is 0 Å². The Morgan fingerprint density at radius 2 is 1.62 bits per heavy atom. The second-order valence-corrected chi connectivity index (χ2v) is 4.86. The lowest BCUT2D eigenvalue weighted by Gasteiger charge is -2.16. The SMILES string of the molecule is NC(C[C@@H](O)C(=O)OCc1ccccc1)c1ccccc1. The third-order valence-electron chi connectivity index (χ3n) is 3.20. The molecule has 2 atom stereocenters. The van der Waals surface area contributed by atoms with Gasteiger partial charge >= 0.3 is 5.97 Å². The Morgan fingerprint density at radius 3 is 2.24 bits per heavy atom. The summed E-state index contributed by atoms with van der Waals surface area (Å²) in [4.78, 5) is 11.8. The maximum absolute atomic E-state index is 11.8. The molecule has 0 radical (unpaired) electrons. The van der Waals surface area contributed by atoms with Crippen molar-refractivity contribution in [1.82, 2.24) is 0 Å². The van der Waals surface area contributed by atoms with E-state index in [0.717, 1.165) is 11.1 Å². The van der Waals surface area contributed by atoms with E-state index >= 15 is 0 Å². The van der Waals surface area contributed by atoms with Gasteiger partial charge in [0.25, 0.3) is 0 Å². The number of rotatable bonds is 6. The normalized spacial score (nSPS) is 13.4. The van der Waals surface area contributed by atoms with Crippen molar-refractivity contribution in [2.75, 3.05) is 0 Å². The molecule has 2 aromatic carbocycles. The van der Waals surface area contributed by atoms with E-state index in [4.69, 9.17) is 10.5 Å². The lowest BCUT2D eigenvalue weighted by Crippen LogP contribution is -2.27. The van der Waals surface area contributed by atoms with Crippen molar-refractivity contribution in [3.05, 3.63) is 71.8 Å². The summed E-state index contributed by atoms with van der Waals surface area (Å²) in [6.45, 7) is 0.150. The van der Waals surface area contributed by atoms with Gasteiger partial charge in [0.15, 0.2) is 6.10 Å². The summed E-state index contributed by atoms with van der Waals surface area (Å²) >= 11 is 0. The molecule has 2 aromatic rings. The van der Waals surface area contributed by atoms with Crippen LogP contribution in [0.2, 0.25) is 0 Å². The van der Waals surface area contributed by atoms with Crippen molar-refractivity contribution in [3.8, 4) is 0 Å². The van der Waals surface area contributed by atoms with Gasteiger partial charge in [-0.25, -0.2) is 4.79 Å². The molecule has 0 bridgehead atoms. The Bertz CT molecular complexity index is 557. The van der Waals surface area contributed by atoms with Crippen molar-refractivity contribution in [1.29, 1.82) is 0 Å². The van der Waals surface area contributed by atoms with Gasteiger partial charge < -0.3 is 15.6 Å². The van der Waals surface area contributed by atoms with E-state index in [0.29, 0.717) is 0 Å². The summed E-state index contributed by atoms with van der Waals surface area (Å²) < 4.78 is 5.08. The molecule has 0 saturated carbocycles. The number of esters is 1. The van der Waals surface area contributed by atoms with Gasteiger partial charge in [-0.1, -0.05) is 60.7 Å². The minimum atomic E-state index is -1.22. The average molecular weight is 285 g/mol. The number of aliphatic hydroxyl groups is 1. The fraction of sp³-hybridized carbons (Fsp3) is 0.235. The zero-order valence-electron chi connectivity index (χ0n) is 11.7. The molecular formula is C17H19NO3. The third-order valence-corrected chi connectivity index (χ3v) is 3.20. The summed E-state index contributed by atoms with van der Waals surface area (Å²) in [5, 5.41) is 9.87. The molecule has 4 nitrogen and oxygen atoms in total. The third kappa shape index (κ3) is 4.70. The second-order valence-electron chi connectivity index (χ2n) is 4.86. The van der Waals surface area contributed by atoms with Gasteiger partial charge in [-0.15, -0.1) is 0 Å². The largest absolute Gasteiger partial charge is 0.459 e. The van der Waals surface area contributed by atoms with Crippen molar-refractivity contribution >= 4 is 5.97 Å². The molecule has 0 fully saturated rings. The van der Waals surface area contributed by atoms with Crippen molar-refractivity contribution in [2.24, 2.45) is 5.73 Å². The molecule has 3 N–H and O–H groups in total. The van der Waals surface area contributed by atoms with E-state index in [1.165, 1.54) is 0 Å². The first-order chi connectivity index (χ1) is 10.2. The van der Waals surface area contributed by atoms with E-state index in [1.807, 2.05) is 60.7 Å². The molecular weight excluding hydrogens is 266 g/mol. The first-order valence-corrected chi connectivity index (χ1v) is 6.86. The summed E-state index contributed by atoms with van der Waals surface area (Å²) in [6, 6.07) is 18.3. The van der Waals surface area contributed by atoms with E-state index in [-0.39, 0.29) is 13.0 Å². The highest BCUT2D eigenvalue weighted by Crippen LogP contribution is 2.16. The fourth-order valence-electron chi connectivity index (χ4n) is 2.00. The van der Waals surface area contributed by atoms with Crippen LogP contribution in [0.1, 0.15) is 23.6 Å². The molecule has 0 saturated heterocycles. The topological polar surface area (TPSA) is 72.5 Å². The molecule has 0 aliphatic heterocycles. The van der Waals surface area contributed by atoms with Crippen molar-refractivity contribution in [3.63, 3.8) is 0 Å². The van der Waals surface area contributed by atoms with Crippen LogP contribution in [-0.4, -0.2) is 17.2 Å². The van der Waals surface area contributed by atoms with Gasteiger partial charge in [0.1, 0.15) is 6.61 Å². The Morgan fingerprint density at radius 1 is 1.05 bits per heavy atom. The quantitative estimate of drug-likeness (QED) is 0.798. The van der Waals surface area contributed by atoms with Crippen molar-refractivity contribution in [2.45, 2.75) is 25.2 Å². The first kappa shape index (κ1) is 15.2. The minimum Gasteiger partial charge on any atom is -0.459 e. The van der Waals surface area contributed by atoms with E-state index in [2.05, 4.69) is 0 Å². The van der Waals surface area contributed by atoms with Crippen LogP contribution in [0.25, 0.3) is 0 Å². The summed E-state index contributed by atoms with van der Waals surface area (Å²) in [5.41, 5.74) is 7.74. The fourth-order valence-corrected chi connectivity index (χ4v) is 2.00. The highest BCUT2D eigenvalue weighted by atomic mass is 16.5. The Kier molecular flexibility index (Phi) is 5.49. The summed E-state index contributed by atoms with van der Waals surface area (Å²) in [7, 11) is 0. The molecule has 110 valence electrons. The van der Waals surface area contributed by atoms with Crippen LogP contribution in [0.4, 0.5) is 0 Å². The number of benzene rings is 2. The van der Waals surface area contributed by atoms with E-state index in [9.17, 15) is 9.90 Å². The Hall–Kier alpha value is -2.17. The van der Waals surface area contributed by atoms with E-state index < -0.39 is 18.1 Å². The zero-order chi connectivity index (χ0) is 15.1. The standard InChI is InChI=1S/C17H19NO3/c18-15(14-9-5-2-6-10-14)11-16(19)17(20)21-12-13-7-3-1-4-8-13/h1-10,15-16,19H,11-12,18H2/t15?,16-/m1/s1. The van der Waals surface area contributed by atoms with Gasteiger partial charge in [0, 0.05) is 12.5 Å². The van der Waals surface area contributed by atoms with Crippen LogP contribution >= 0.6 is 0 Å². The van der Waals surface area contributed by atoms with Crippen LogP contribution in [-0.2, 0) is 16.1 Å². The number of carbonyl (C=O) groups excluding carboxylic acids is 1. The molecule has 1 unspecified atom stereocenters. The van der Waals surface area contributed by atoms with Gasteiger partial charge in [-0.2, -0.15) is 0 Å². The lowest BCUT2D eigenvalue weighted by molar-refractivity contribution is -0.155. The second kappa shape index (κ2) is 7.57. The van der Waals surface area contributed by atoms with Crippen LogP contribution in [0, 0.1) is 0 Å². The maximum atomic E-state index is 11.8. The lowest BCUT2D eigenvalue weighted by atomic mass is 10.0. The van der Waals surface area contributed by atoms with E-state index in [1.54, 1.807) is 0 Å². The van der Waals surface area contributed by atoms with Crippen LogP contribution in [0.15, 0.2) is 60.7 Å². The molecule has 2 rings (SSSR count). The molecule has 0 aromatic heterocycles. The number of nitrogens with two attached hydrogens (primary N) is 1. The number of ether oxygens (including phenoxy) is 1. The molecule has 0 heterocycles. The van der Waals surface area contributed by atoms with Crippen LogP contribution < -0.4 is 5.73 Å². The minimum absolute atomic E-state index is 0.137. The molecule has 0 amide bonds. The van der Waals surface area contributed by atoms with Crippen LogP contribution in [0.5, 0.6) is 0 Å². The summed E-state index contributed by atoms with van der Waals surface area (Å²) in [6.07, 6.45) is -1.08. The van der Waals surface area contributed by atoms with Gasteiger partial charge in [-0.3, -0.25) is 0 Å². The molecule has 21 heavy (non-hydrogen) atoms. The van der Waals surface area contributed by atoms with Gasteiger partial charge in [0.05, 0.1) is 0 Å². The van der Waals surface area contributed by atoms with Crippen molar-refractivity contribution < 1.29 is 14.6 Å². The molecule has 0 spiro atoms.